The van der Waals surface area contributed by atoms with Gasteiger partial charge in [-0.05, 0) is 42.5 Å². The number of nitrogens with zero attached hydrogens (tertiary/aromatic N) is 1. The van der Waals surface area contributed by atoms with Gasteiger partial charge in [-0.3, -0.25) is 14.5 Å². The summed E-state index contributed by atoms with van der Waals surface area (Å²) in [4.78, 5) is 38.9. The monoisotopic (exact) mass is 393 g/mol. The summed E-state index contributed by atoms with van der Waals surface area (Å²) in [5.74, 6) is -0.0367. The van der Waals surface area contributed by atoms with Gasteiger partial charge in [-0.2, -0.15) is 0 Å². The van der Waals surface area contributed by atoms with E-state index in [9.17, 15) is 14.4 Å². The van der Waals surface area contributed by atoms with Gasteiger partial charge in [0.15, 0.2) is 0 Å². The highest BCUT2D eigenvalue weighted by Gasteiger charge is 2.54. The molecule has 7 nitrogen and oxygen atoms in total. The fraction of sp³-hybridized carbons (Fsp3) is 0.318. The number of urea groups is 1. The third kappa shape index (κ3) is 3.68. The number of rotatable bonds is 6. The van der Waals surface area contributed by atoms with E-state index in [-0.39, 0.29) is 19.0 Å². The van der Waals surface area contributed by atoms with Gasteiger partial charge in [0.05, 0.1) is 6.54 Å². The quantitative estimate of drug-likeness (QED) is 0.580. The van der Waals surface area contributed by atoms with Crippen molar-refractivity contribution in [3.63, 3.8) is 0 Å². The van der Waals surface area contributed by atoms with Crippen LogP contribution in [0.4, 0.5) is 4.79 Å². The molecule has 2 N–H and O–H groups in total. The Morgan fingerprint density at radius 1 is 1.10 bits per heavy atom. The zero-order valence-electron chi connectivity index (χ0n) is 16.0. The fourth-order valence-corrected chi connectivity index (χ4v) is 4.03. The number of ether oxygens (including phenoxy) is 1. The lowest BCUT2D eigenvalue weighted by Gasteiger charge is -2.33. The fourth-order valence-electron chi connectivity index (χ4n) is 4.03. The van der Waals surface area contributed by atoms with Gasteiger partial charge < -0.3 is 15.4 Å². The van der Waals surface area contributed by atoms with Crippen LogP contribution < -0.4 is 15.4 Å². The maximum Gasteiger partial charge on any atom is 0.325 e. The Kier molecular flexibility index (Phi) is 5.20. The van der Waals surface area contributed by atoms with Crippen molar-refractivity contribution in [2.24, 2.45) is 0 Å². The van der Waals surface area contributed by atoms with Crippen LogP contribution in [0.1, 0.15) is 24.0 Å². The van der Waals surface area contributed by atoms with Crippen LogP contribution in [-0.2, 0) is 21.5 Å². The van der Waals surface area contributed by atoms with Crippen molar-refractivity contribution in [1.29, 1.82) is 0 Å². The molecule has 2 aliphatic rings. The molecule has 4 rings (SSSR count). The Bertz CT molecular complexity index is 931. The molecule has 0 radical (unpaired) electrons. The molecule has 2 aromatic rings. The van der Waals surface area contributed by atoms with Gasteiger partial charge in [0.1, 0.15) is 24.4 Å². The number of amides is 4. The van der Waals surface area contributed by atoms with Gasteiger partial charge in [-0.15, -0.1) is 0 Å². The summed E-state index contributed by atoms with van der Waals surface area (Å²) in [6, 6.07) is 16.4. The largest absolute Gasteiger partial charge is 0.492 e. The van der Waals surface area contributed by atoms with Crippen molar-refractivity contribution in [1.82, 2.24) is 15.5 Å². The summed E-state index contributed by atoms with van der Waals surface area (Å²) in [7, 11) is 0. The Labute approximate surface area is 169 Å². The zero-order chi connectivity index (χ0) is 20.3. The van der Waals surface area contributed by atoms with Gasteiger partial charge >= 0.3 is 6.03 Å². The molecule has 150 valence electrons. The number of hydrogen-bond donors (Lipinski definition) is 2. The van der Waals surface area contributed by atoms with Crippen molar-refractivity contribution in [2.45, 2.75) is 24.8 Å². The molecule has 2 aromatic carbocycles. The highest BCUT2D eigenvalue weighted by Crippen LogP contribution is 2.39. The number of nitrogens with one attached hydrogen (secondary N) is 2. The summed E-state index contributed by atoms with van der Waals surface area (Å²) in [6.45, 7) is 0.276. The normalized spacial score (nSPS) is 20.3. The van der Waals surface area contributed by atoms with E-state index in [1.165, 1.54) is 0 Å². The summed E-state index contributed by atoms with van der Waals surface area (Å²) in [5.41, 5.74) is 0.850. The Balaban J connectivity index is 1.36. The Morgan fingerprint density at radius 3 is 2.69 bits per heavy atom. The lowest BCUT2D eigenvalue weighted by molar-refractivity contribution is -0.135. The SMILES string of the molecule is O=C(CN1C(=O)N[C@@]2(CCCc3ccccc32)C1=O)NCCOc1ccccc1. The number of carbonyl (C=O) groups is 3. The molecule has 1 aliphatic heterocycles. The van der Waals surface area contributed by atoms with Gasteiger partial charge in [0, 0.05) is 0 Å². The van der Waals surface area contributed by atoms with Crippen molar-refractivity contribution >= 4 is 17.8 Å². The minimum absolute atomic E-state index is 0.283. The predicted molar refractivity (Wildman–Crippen MR) is 106 cm³/mol. The number of hydrogen-bond acceptors (Lipinski definition) is 4. The molecule has 1 saturated heterocycles. The van der Waals surface area contributed by atoms with E-state index in [1.54, 1.807) is 0 Å². The molecule has 4 amide bonds. The van der Waals surface area contributed by atoms with Crippen molar-refractivity contribution in [2.75, 3.05) is 19.7 Å². The average molecular weight is 393 g/mol. The van der Waals surface area contributed by atoms with Crippen molar-refractivity contribution < 1.29 is 19.1 Å². The summed E-state index contributed by atoms with van der Waals surface area (Å²) in [5, 5.41) is 5.55. The molecule has 1 spiro atoms. The number of imide groups is 1. The lowest BCUT2D eigenvalue weighted by Crippen LogP contribution is -2.47. The molecule has 1 atom stereocenters. The standard InChI is InChI=1S/C22H23N3O4/c26-19(23-13-14-29-17-9-2-1-3-10-17)15-25-20(27)22(24-21(25)28)12-6-8-16-7-4-5-11-18(16)22/h1-5,7,9-11H,6,8,12-15H2,(H,23,26)(H,24,28)/t22-/m1/s1. The van der Waals surface area contributed by atoms with Gasteiger partial charge in [-0.1, -0.05) is 42.5 Å². The third-order valence-corrected chi connectivity index (χ3v) is 5.39. The first kappa shape index (κ1) is 19.0. The summed E-state index contributed by atoms with van der Waals surface area (Å²) < 4.78 is 5.52. The maximum atomic E-state index is 13.1. The van der Waals surface area contributed by atoms with Gasteiger partial charge in [0.2, 0.25) is 5.91 Å². The number of fused-ring (bicyclic) bond motifs is 2. The topological polar surface area (TPSA) is 87.7 Å². The average Bonchev–Trinajstić information content (AvgIpc) is 2.97. The highest BCUT2D eigenvalue weighted by molar-refractivity contribution is 6.09. The first-order chi connectivity index (χ1) is 14.1. The van der Waals surface area contributed by atoms with E-state index < -0.39 is 17.5 Å². The van der Waals surface area contributed by atoms with Crippen LogP contribution >= 0.6 is 0 Å². The molecule has 1 fully saturated rings. The minimum atomic E-state index is -1.05. The van der Waals surface area contributed by atoms with Crippen molar-refractivity contribution in [3.8, 4) is 5.75 Å². The van der Waals surface area contributed by atoms with E-state index in [0.717, 1.165) is 28.9 Å². The Hall–Kier alpha value is -3.35. The van der Waals surface area contributed by atoms with E-state index in [4.69, 9.17) is 4.74 Å². The molecular formula is C22H23N3O4. The van der Waals surface area contributed by atoms with E-state index in [2.05, 4.69) is 10.6 Å². The molecule has 0 bridgehead atoms. The van der Waals surface area contributed by atoms with Gasteiger partial charge in [-0.25, -0.2) is 4.79 Å². The first-order valence-corrected chi connectivity index (χ1v) is 9.77. The van der Waals surface area contributed by atoms with Crippen molar-refractivity contribution in [3.05, 3.63) is 65.7 Å². The molecule has 29 heavy (non-hydrogen) atoms. The van der Waals surface area contributed by atoms with Crippen LogP contribution in [-0.4, -0.2) is 42.4 Å². The van der Waals surface area contributed by atoms with Crippen LogP contribution in [0.25, 0.3) is 0 Å². The predicted octanol–water partition coefficient (Wildman–Crippen LogP) is 1.97. The third-order valence-electron chi connectivity index (χ3n) is 5.39. The molecule has 7 heteroatoms. The number of carbonyl (C=O) groups excluding carboxylic acids is 3. The van der Waals surface area contributed by atoms with Crippen LogP contribution in [0.15, 0.2) is 54.6 Å². The molecule has 0 unspecified atom stereocenters. The molecule has 0 saturated carbocycles. The molecular weight excluding hydrogens is 370 g/mol. The van der Waals surface area contributed by atoms with Crippen LogP contribution in [0.5, 0.6) is 5.75 Å². The second-order valence-electron chi connectivity index (χ2n) is 7.25. The lowest BCUT2D eigenvalue weighted by atomic mass is 9.76. The zero-order valence-corrected chi connectivity index (χ0v) is 16.0. The van der Waals surface area contributed by atoms with Crippen LogP contribution in [0.2, 0.25) is 0 Å². The maximum absolute atomic E-state index is 13.1. The number of aryl methyl sites for hydroxylation is 1. The molecule has 1 heterocycles. The highest BCUT2D eigenvalue weighted by atomic mass is 16.5. The minimum Gasteiger partial charge on any atom is -0.492 e. The number of para-hydroxylation sites is 1. The van der Waals surface area contributed by atoms with Crippen LogP contribution in [0.3, 0.4) is 0 Å². The van der Waals surface area contributed by atoms with E-state index in [0.29, 0.717) is 18.8 Å². The van der Waals surface area contributed by atoms with E-state index in [1.807, 2.05) is 54.6 Å². The summed E-state index contributed by atoms with van der Waals surface area (Å²) in [6.07, 6.45) is 2.22. The second kappa shape index (κ2) is 7.95. The van der Waals surface area contributed by atoms with Crippen LogP contribution in [0, 0.1) is 0 Å². The second-order valence-corrected chi connectivity index (χ2v) is 7.25. The smallest absolute Gasteiger partial charge is 0.325 e. The first-order valence-electron chi connectivity index (χ1n) is 9.77. The molecule has 0 aromatic heterocycles. The summed E-state index contributed by atoms with van der Waals surface area (Å²) >= 11 is 0. The number of benzene rings is 2. The molecule has 1 aliphatic carbocycles. The Morgan fingerprint density at radius 2 is 1.86 bits per heavy atom. The van der Waals surface area contributed by atoms with Gasteiger partial charge in [0.25, 0.3) is 5.91 Å². The van der Waals surface area contributed by atoms with E-state index >= 15 is 0 Å².